The van der Waals surface area contributed by atoms with Crippen LogP contribution < -0.4 is 5.32 Å². The van der Waals surface area contributed by atoms with Gasteiger partial charge in [0.2, 0.25) is 0 Å². The van der Waals surface area contributed by atoms with Gasteiger partial charge in [0, 0.05) is 31.7 Å². The maximum Gasteiger partial charge on any atom is 0.134 e. The summed E-state index contributed by atoms with van der Waals surface area (Å²) in [7, 11) is 0. The predicted molar refractivity (Wildman–Crippen MR) is 75.9 cm³/mol. The van der Waals surface area contributed by atoms with Crippen LogP contribution >= 0.6 is 15.9 Å². The van der Waals surface area contributed by atoms with Crippen LogP contribution in [0.1, 0.15) is 38.4 Å². The van der Waals surface area contributed by atoms with Crippen LogP contribution in [0.2, 0.25) is 0 Å². The third-order valence-electron chi connectivity index (χ3n) is 3.14. The van der Waals surface area contributed by atoms with Crippen LogP contribution in [0.15, 0.2) is 10.7 Å². The lowest BCUT2D eigenvalue weighted by Gasteiger charge is -2.22. The lowest BCUT2D eigenvalue weighted by atomic mass is 10.0. The van der Waals surface area contributed by atoms with Crippen molar-refractivity contribution in [1.29, 1.82) is 0 Å². The molecule has 0 saturated carbocycles. The molecule has 1 fully saturated rings. The molecule has 1 aromatic heterocycles. The van der Waals surface area contributed by atoms with E-state index in [0.717, 1.165) is 48.8 Å². The van der Waals surface area contributed by atoms with Gasteiger partial charge in [0.1, 0.15) is 16.2 Å². The minimum atomic E-state index is 0.339. The van der Waals surface area contributed by atoms with Crippen molar-refractivity contribution in [3.05, 3.63) is 16.5 Å². The largest absolute Gasteiger partial charge is 0.381 e. The first-order valence-electron chi connectivity index (χ1n) is 6.51. The quantitative estimate of drug-likeness (QED) is 0.867. The molecule has 1 saturated heterocycles. The van der Waals surface area contributed by atoms with Gasteiger partial charge in [0.05, 0.1) is 0 Å². The van der Waals surface area contributed by atoms with Gasteiger partial charge in [0.15, 0.2) is 0 Å². The zero-order valence-electron chi connectivity index (χ0n) is 10.9. The van der Waals surface area contributed by atoms with Crippen LogP contribution in [-0.4, -0.2) is 29.7 Å². The molecular formula is C13H20BrN3O. The van der Waals surface area contributed by atoms with E-state index in [9.17, 15) is 0 Å². The number of nitrogens with zero attached hydrogens (tertiary/aromatic N) is 2. The third-order valence-corrected chi connectivity index (χ3v) is 3.55. The van der Waals surface area contributed by atoms with Crippen molar-refractivity contribution in [3.8, 4) is 0 Å². The van der Waals surface area contributed by atoms with E-state index >= 15 is 0 Å². The van der Waals surface area contributed by atoms with Crippen molar-refractivity contribution in [3.63, 3.8) is 0 Å². The molecule has 4 nitrogen and oxygen atoms in total. The van der Waals surface area contributed by atoms with Gasteiger partial charge in [0.25, 0.3) is 0 Å². The number of nitrogens with one attached hydrogen (secondary N) is 1. The van der Waals surface area contributed by atoms with Crippen molar-refractivity contribution >= 4 is 21.7 Å². The molecule has 0 spiro atoms. The number of hydrogen-bond acceptors (Lipinski definition) is 4. The number of aromatic nitrogens is 2. The highest BCUT2D eigenvalue weighted by Gasteiger charge is 2.14. The van der Waals surface area contributed by atoms with Gasteiger partial charge in [-0.15, -0.1) is 0 Å². The highest BCUT2D eigenvalue weighted by molar-refractivity contribution is 9.10. The summed E-state index contributed by atoms with van der Waals surface area (Å²) in [6.07, 6.45) is 2.27. The van der Waals surface area contributed by atoms with E-state index in [2.05, 4.69) is 45.1 Å². The molecule has 100 valence electrons. The minimum absolute atomic E-state index is 0.339. The molecule has 1 aromatic rings. The lowest BCUT2D eigenvalue weighted by molar-refractivity contribution is 0.0699. The standard InChI is InChI=1S/C13H20BrN3O/c1-9(2)13-16-11(14)7-12(17-13)15-8-10-3-5-18-6-4-10/h7,9-10H,3-6,8H2,1-2H3,(H,15,16,17). The molecule has 1 N–H and O–H groups in total. The van der Waals surface area contributed by atoms with E-state index in [4.69, 9.17) is 4.74 Å². The Balaban J connectivity index is 1.95. The molecular weight excluding hydrogens is 294 g/mol. The number of ether oxygens (including phenoxy) is 1. The van der Waals surface area contributed by atoms with Crippen LogP contribution in [-0.2, 0) is 4.74 Å². The first kappa shape index (κ1) is 13.7. The van der Waals surface area contributed by atoms with Crippen molar-refractivity contribution < 1.29 is 4.74 Å². The van der Waals surface area contributed by atoms with Gasteiger partial charge in [-0.05, 0) is 34.7 Å². The summed E-state index contributed by atoms with van der Waals surface area (Å²) in [5.74, 6) is 2.81. The fourth-order valence-corrected chi connectivity index (χ4v) is 2.38. The Kier molecular flexibility index (Phi) is 4.95. The Morgan fingerprint density at radius 3 is 2.78 bits per heavy atom. The minimum Gasteiger partial charge on any atom is -0.381 e. The Hall–Kier alpha value is -0.680. The number of halogens is 1. The smallest absolute Gasteiger partial charge is 0.134 e. The van der Waals surface area contributed by atoms with Crippen LogP contribution in [0.3, 0.4) is 0 Å². The second-order valence-corrected chi connectivity index (χ2v) is 5.84. The first-order valence-corrected chi connectivity index (χ1v) is 7.30. The van der Waals surface area contributed by atoms with E-state index in [0.29, 0.717) is 11.8 Å². The number of anilines is 1. The van der Waals surface area contributed by atoms with E-state index in [1.54, 1.807) is 0 Å². The highest BCUT2D eigenvalue weighted by atomic mass is 79.9. The molecule has 2 heterocycles. The lowest BCUT2D eigenvalue weighted by Crippen LogP contribution is -2.23. The Labute approximate surface area is 117 Å². The van der Waals surface area contributed by atoms with Crippen LogP contribution in [0, 0.1) is 5.92 Å². The van der Waals surface area contributed by atoms with Gasteiger partial charge in [-0.25, -0.2) is 9.97 Å². The summed E-state index contributed by atoms with van der Waals surface area (Å²) in [6.45, 7) is 6.94. The summed E-state index contributed by atoms with van der Waals surface area (Å²) in [5, 5.41) is 3.41. The summed E-state index contributed by atoms with van der Waals surface area (Å²) < 4.78 is 6.20. The van der Waals surface area contributed by atoms with Crippen LogP contribution in [0.25, 0.3) is 0 Å². The van der Waals surface area contributed by atoms with E-state index in [1.165, 1.54) is 0 Å². The second-order valence-electron chi connectivity index (χ2n) is 5.03. The topological polar surface area (TPSA) is 47.0 Å². The predicted octanol–water partition coefficient (Wildman–Crippen LogP) is 3.20. The second kappa shape index (κ2) is 6.48. The fourth-order valence-electron chi connectivity index (χ4n) is 1.98. The van der Waals surface area contributed by atoms with E-state index < -0.39 is 0 Å². The van der Waals surface area contributed by atoms with Gasteiger partial charge < -0.3 is 10.1 Å². The molecule has 0 amide bonds. The molecule has 1 aliphatic rings. The number of hydrogen-bond donors (Lipinski definition) is 1. The molecule has 0 atom stereocenters. The van der Waals surface area contributed by atoms with E-state index in [1.807, 2.05) is 6.07 Å². The maximum atomic E-state index is 5.36. The zero-order chi connectivity index (χ0) is 13.0. The summed E-state index contributed by atoms with van der Waals surface area (Å²) in [6, 6.07) is 1.94. The molecule has 0 aliphatic carbocycles. The van der Waals surface area contributed by atoms with Gasteiger partial charge in [-0.3, -0.25) is 0 Å². The molecule has 0 bridgehead atoms. The van der Waals surface area contributed by atoms with Gasteiger partial charge >= 0.3 is 0 Å². The third kappa shape index (κ3) is 3.92. The Morgan fingerprint density at radius 2 is 2.11 bits per heavy atom. The highest BCUT2D eigenvalue weighted by Crippen LogP contribution is 2.19. The zero-order valence-corrected chi connectivity index (χ0v) is 12.5. The summed E-state index contributed by atoms with van der Waals surface area (Å²) in [4.78, 5) is 8.91. The molecule has 1 aliphatic heterocycles. The van der Waals surface area contributed by atoms with Crippen LogP contribution in [0.5, 0.6) is 0 Å². The number of rotatable bonds is 4. The van der Waals surface area contributed by atoms with Crippen molar-refractivity contribution in [2.45, 2.75) is 32.6 Å². The van der Waals surface area contributed by atoms with Gasteiger partial charge in [-0.2, -0.15) is 0 Å². The van der Waals surface area contributed by atoms with Crippen molar-refractivity contribution in [1.82, 2.24) is 9.97 Å². The molecule has 2 rings (SSSR count). The molecule has 0 unspecified atom stereocenters. The maximum absolute atomic E-state index is 5.36. The molecule has 0 radical (unpaired) electrons. The monoisotopic (exact) mass is 313 g/mol. The Bertz CT molecular complexity index is 392. The van der Waals surface area contributed by atoms with Crippen molar-refractivity contribution in [2.75, 3.05) is 25.1 Å². The fraction of sp³-hybridized carbons (Fsp3) is 0.692. The first-order chi connectivity index (χ1) is 8.65. The summed E-state index contributed by atoms with van der Waals surface area (Å²) >= 11 is 3.44. The molecule has 18 heavy (non-hydrogen) atoms. The summed E-state index contributed by atoms with van der Waals surface area (Å²) in [5.41, 5.74) is 0. The van der Waals surface area contributed by atoms with Gasteiger partial charge in [-0.1, -0.05) is 13.8 Å². The Morgan fingerprint density at radius 1 is 1.39 bits per heavy atom. The van der Waals surface area contributed by atoms with E-state index in [-0.39, 0.29) is 0 Å². The van der Waals surface area contributed by atoms with Crippen molar-refractivity contribution in [2.24, 2.45) is 5.92 Å². The average Bonchev–Trinajstić information content (AvgIpc) is 2.37. The average molecular weight is 314 g/mol. The van der Waals surface area contributed by atoms with Crippen LogP contribution in [0.4, 0.5) is 5.82 Å². The normalized spacial score (nSPS) is 17.1. The SMILES string of the molecule is CC(C)c1nc(Br)cc(NCC2CCOCC2)n1. The molecule has 0 aromatic carbocycles. The molecule has 5 heteroatoms.